The van der Waals surface area contributed by atoms with Crippen LogP contribution < -0.4 is 5.73 Å². The summed E-state index contributed by atoms with van der Waals surface area (Å²) < 4.78 is 5.52. The maximum absolute atomic E-state index is 8.84. The predicted molar refractivity (Wildman–Crippen MR) is 60.8 cm³/mol. The van der Waals surface area contributed by atoms with E-state index in [4.69, 9.17) is 15.6 Å². The van der Waals surface area contributed by atoms with Crippen LogP contribution in [0.15, 0.2) is 0 Å². The van der Waals surface area contributed by atoms with E-state index in [2.05, 4.69) is 11.8 Å². The Balaban J connectivity index is 2.30. The Kier molecular flexibility index (Phi) is 4.99. The van der Waals surface area contributed by atoms with Crippen molar-refractivity contribution in [2.75, 3.05) is 33.4 Å². The SMILES string of the molecule is COC1(C)CCCN(CCC(N)CO)C1. The first kappa shape index (κ1) is 12.9. The van der Waals surface area contributed by atoms with Gasteiger partial charge in [0.05, 0.1) is 12.2 Å². The second-order valence-electron chi connectivity index (χ2n) is 4.77. The molecule has 0 amide bonds. The largest absolute Gasteiger partial charge is 0.395 e. The first-order valence-electron chi connectivity index (χ1n) is 5.73. The second kappa shape index (κ2) is 5.80. The van der Waals surface area contributed by atoms with Crippen molar-refractivity contribution in [3.8, 4) is 0 Å². The van der Waals surface area contributed by atoms with Crippen LogP contribution in [0.25, 0.3) is 0 Å². The highest BCUT2D eigenvalue weighted by Gasteiger charge is 2.30. The smallest absolute Gasteiger partial charge is 0.0777 e. The van der Waals surface area contributed by atoms with E-state index in [9.17, 15) is 0 Å². The second-order valence-corrected chi connectivity index (χ2v) is 4.77. The zero-order chi connectivity index (χ0) is 11.3. The Morgan fingerprint density at radius 1 is 1.60 bits per heavy atom. The summed E-state index contributed by atoms with van der Waals surface area (Å²) in [5.41, 5.74) is 5.68. The van der Waals surface area contributed by atoms with Gasteiger partial charge >= 0.3 is 0 Å². The fraction of sp³-hybridized carbons (Fsp3) is 1.00. The summed E-state index contributed by atoms with van der Waals surface area (Å²) in [5.74, 6) is 0. The van der Waals surface area contributed by atoms with Crippen LogP contribution in [-0.2, 0) is 4.74 Å². The molecule has 0 spiro atoms. The van der Waals surface area contributed by atoms with Crippen LogP contribution in [0, 0.1) is 0 Å². The number of aliphatic hydroxyl groups excluding tert-OH is 1. The summed E-state index contributed by atoms with van der Waals surface area (Å²) in [6.45, 7) is 5.29. The molecular formula is C11H24N2O2. The minimum absolute atomic E-state index is 0.00155. The van der Waals surface area contributed by atoms with Crippen LogP contribution in [0.3, 0.4) is 0 Å². The molecule has 0 aromatic carbocycles. The third kappa shape index (κ3) is 4.07. The summed E-state index contributed by atoms with van der Waals surface area (Å²) in [6, 6.07) is -0.0827. The lowest BCUT2D eigenvalue weighted by Crippen LogP contribution is -2.48. The number of hydrogen-bond donors (Lipinski definition) is 2. The standard InChI is InChI=1S/C11H24N2O2/c1-11(15-2)5-3-6-13(9-11)7-4-10(12)8-14/h10,14H,3-9,12H2,1-2H3. The number of likely N-dealkylation sites (tertiary alicyclic amines) is 1. The number of nitrogens with zero attached hydrogens (tertiary/aromatic N) is 1. The molecule has 1 aliphatic heterocycles. The van der Waals surface area contributed by atoms with Crippen LogP contribution >= 0.6 is 0 Å². The van der Waals surface area contributed by atoms with Crippen molar-refractivity contribution in [1.82, 2.24) is 4.90 Å². The van der Waals surface area contributed by atoms with Crippen molar-refractivity contribution in [1.29, 1.82) is 0 Å². The fourth-order valence-corrected chi connectivity index (χ4v) is 2.10. The van der Waals surface area contributed by atoms with E-state index in [1.165, 1.54) is 6.42 Å². The Morgan fingerprint density at radius 3 is 2.93 bits per heavy atom. The first-order valence-corrected chi connectivity index (χ1v) is 5.73. The van der Waals surface area contributed by atoms with Crippen LogP contribution in [0.1, 0.15) is 26.2 Å². The average Bonchev–Trinajstić information content (AvgIpc) is 2.26. The first-order chi connectivity index (χ1) is 7.09. The molecule has 1 heterocycles. The fourth-order valence-electron chi connectivity index (χ4n) is 2.10. The highest BCUT2D eigenvalue weighted by Crippen LogP contribution is 2.23. The van der Waals surface area contributed by atoms with Crippen molar-refractivity contribution in [2.24, 2.45) is 5.73 Å². The van der Waals surface area contributed by atoms with Gasteiger partial charge in [-0.3, -0.25) is 0 Å². The Morgan fingerprint density at radius 2 is 2.33 bits per heavy atom. The molecule has 0 bridgehead atoms. The highest BCUT2D eigenvalue weighted by atomic mass is 16.5. The predicted octanol–water partition coefficient (Wildman–Crippen LogP) is 0.197. The highest BCUT2D eigenvalue weighted by molar-refractivity contribution is 4.84. The van der Waals surface area contributed by atoms with Gasteiger partial charge in [-0.15, -0.1) is 0 Å². The van der Waals surface area contributed by atoms with Gasteiger partial charge in [-0.25, -0.2) is 0 Å². The molecule has 0 aliphatic carbocycles. The molecule has 1 fully saturated rings. The lowest BCUT2D eigenvalue weighted by atomic mass is 9.94. The number of piperidine rings is 1. The Bertz CT molecular complexity index is 189. The van der Waals surface area contributed by atoms with Gasteiger partial charge < -0.3 is 20.5 Å². The number of hydrogen-bond acceptors (Lipinski definition) is 4. The molecule has 3 N–H and O–H groups in total. The maximum atomic E-state index is 8.84. The van der Waals surface area contributed by atoms with E-state index in [0.29, 0.717) is 0 Å². The van der Waals surface area contributed by atoms with Crippen molar-refractivity contribution < 1.29 is 9.84 Å². The minimum Gasteiger partial charge on any atom is -0.395 e. The molecule has 4 nitrogen and oxygen atoms in total. The Hall–Kier alpha value is -0.160. The molecule has 1 rings (SSSR count). The third-order valence-electron chi connectivity index (χ3n) is 3.28. The summed E-state index contributed by atoms with van der Waals surface area (Å²) in [5, 5.41) is 8.84. The van der Waals surface area contributed by atoms with E-state index in [1.54, 1.807) is 7.11 Å². The van der Waals surface area contributed by atoms with Crippen molar-refractivity contribution >= 4 is 0 Å². The molecule has 4 heteroatoms. The van der Waals surface area contributed by atoms with Crippen LogP contribution in [-0.4, -0.2) is 55.0 Å². The van der Waals surface area contributed by atoms with Crippen LogP contribution in [0.2, 0.25) is 0 Å². The molecule has 2 unspecified atom stereocenters. The quantitative estimate of drug-likeness (QED) is 0.689. The molecule has 90 valence electrons. The van der Waals surface area contributed by atoms with Crippen molar-refractivity contribution in [3.63, 3.8) is 0 Å². The third-order valence-corrected chi connectivity index (χ3v) is 3.28. The van der Waals surface area contributed by atoms with E-state index in [-0.39, 0.29) is 18.2 Å². The van der Waals surface area contributed by atoms with Gasteiger partial charge in [-0.1, -0.05) is 0 Å². The summed E-state index contributed by atoms with van der Waals surface area (Å²) >= 11 is 0. The van der Waals surface area contributed by atoms with Gasteiger partial charge in [0.1, 0.15) is 0 Å². The molecule has 1 saturated heterocycles. The number of methoxy groups -OCH3 is 1. The number of ether oxygens (including phenoxy) is 1. The van der Waals surface area contributed by atoms with Crippen molar-refractivity contribution in [2.45, 2.75) is 37.8 Å². The average molecular weight is 216 g/mol. The number of aliphatic hydroxyl groups is 1. The minimum atomic E-state index is -0.0827. The molecule has 2 atom stereocenters. The molecule has 0 aromatic heterocycles. The van der Waals surface area contributed by atoms with Crippen LogP contribution in [0.5, 0.6) is 0 Å². The zero-order valence-corrected chi connectivity index (χ0v) is 9.91. The van der Waals surface area contributed by atoms with E-state index < -0.39 is 0 Å². The van der Waals surface area contributed by atoms with Crippen LogP contribution in [0.4, 0.5) is 0 Å². The molecule has 0 aromatic rings. The van der Waals surface area contributed by atoms with E-state index >= 15 is 0 Å². The maximum Gasteiger partial charge on any atom is 0.0777 e. The van der Waals surface area contributed by atoms with Gasteiger partial charge in [0.15, 0.2) is 0 Å². The summed E-state index contributed by atoms with van der Waals surface area (Å²) in [6.07, 6.45) is 3.17. The van der Waals surface area contributed by atoms with E-state index in [0.717, 1.165) is 32.5 Å². The topological polar surface area (TPSA) is 58.7 Å². The lowest BCUT2D eigenvalue weighted by Gasteiger charge is -2.39. The van der Waals surface area contributed by atoms with Crippen molar-refractivity contribution in [3.05, 3.63) is 0 Å². The number of rotatable bonds is 5. The van der Waals surface area contributed by atoms with E-state index in [1.807, 2.05) is 0 Å². The van der Waals surface area contributed by atoms with Gasteiger partial charge in [0.2, 0.25) is 0 Å². The van der Waals surface area contributed by atoms with Gasteiger partial charge in [-0.05, 0) is 39.3 Å². The van der Waals surface area contributed by atoms with Gasteiger partial charge in [0.25, 0.3) is 0 Å². The number of nitrogens with two attached hydrogens (primary N) is 1. The normalized spacial score (nSPS) is 30.4. The molecular weight excluding hydrogens is 192 g/mol. The summed E-state index contributed by atoms with van der Waals surface area (Å²) in [7, 11) is 1.78. The summed E-state index contributed by atoms with van der Waals surface area (Å²) in [4.78, 5) is 2.38. The van der Waals surface area contributed by atoms with Gasteiger partial charge in [-0.2, -0.15) is 0 Å². The molecule has 0 radical (unpaired) electrons. The van der Waals surface area contributed by atoms with Gasteiger partial charge in [0, 0.05) is 19.7 Å². The molecule has 0 saturated carbocycles. The zero-order valence-electron chi connectivity index (χ0n) is 9.91. The molecule has 1 aliphatic rings. The lowest BCUT2D eigenvalue weighted by molar-refractivity contribution is -0.0512. The molecule has 15 heavy (non-hydrogen) atoms. The monoisotopic (exact) mass is 216 g/mol. The Labute approximate surface area is 92.4 Å².